The molecule has 2 aromatic rings. The molecule has 0 atom stereocenters. The highest BCUT2D eigenvalue weighted by Gasteiger charge is 2.06. The molecule has 0 saturated heterocycles. The summed E-state index contributed by atoms with van der Waals surface area (Å²) in [5, 5.41) is 8.07. The van der Waals surface area contributed by atoms with Crippen molar-refractivity contribution < 1.29 is 4.79 Å². The smallest absolute Gasteiger partial charge is 0.221 e. The number of nitrogens with zero attached hydrogens (tertiary/aromatic N) is 2. The standard InChI is InChI=1S/C13H18N4OS/c1-9(2)7-15-11(18)3-5-14-13-12-10(4-6-19-12)16-8-17-13/h4,6,8-9H,3,5,7H2,1-2H3,(H,15,18)(H,14,16,17). The van der Waals surface area contributed by atoms with Crippen LogP contribution in [0.25, 0.3) is 10.2 Å². The highest BCUT2D eigenvalue weighted by Crippen LogP contribution is 2.24. The molecule has 0 aromatic carbocycles. The van der Waals surface area contributed by atoms with Gasteiger partial charge in [-0.3, -0.25) is 4.79 Å². The first-order valence-electron chi connectivity index (χ1n) is 6.35. The number of aromatic nitrogens is 2. The monoisotopic (exact) mass is 278 g/mol. The van der Waals surface area contributed by atoms with Gasteiger partial charge in [0.05, 0.1) is 10.2 Å². The molecule has 0 bridgehead atoms. The number of anilines is 1. The lowest BCUT2D eigenvalue weighted by atomic mass is 10.2. The Bertz CT molecular complexity index is 552. The van der Waals surface area contributed by atoms with Gasteiger partial charge in [0.25, 0.3) is 0 Å². The molecule has 0 fully saturated rings. The predicted molar refractivity (Wildman–Crippen MR) is 78.4 cm³/mol. The lowest BCUT2D eigenvalue weighted by molar-refractivity contribution is -0.120. The number of amides is 1. The Balaban J connectivity index is 1.82. The van der Waals surface area contributed by atoms with Crippen LogP contribution in [-0.2, 0) is 4.79 Å². The zero-order chi connectivity index (χ0) is 13.7. The number of thiophene rings is 1. The first-order chi connectivity index (χ1) is 9.16. The molecule has 0 saturated carbocycles. The number of hydrogen-bond acceptors (Lipinski definition) is 5. The molecular formula is C13H18N4OS. The van der Waals surface area contributed by atoms with E-state index in [2.05, 4.69) is 34.4 Å². The summed E-state index contributed by atoms with van der Waals surface area (Å²) in [6.45, 7) is 5.45. The topological polar surface area (TPSA) is 66.9 Å². The summed E-state index contributed by atoms with van der Waals surface area (Å²) in [5.74, 6) is 1.35. The maximum Gasteiger partial charge on any atom is 0.221 e. The Hall–Kier alpha value is -1.69. The predicted octanol–water partition coefficient (Wildman–Crippen LogP) is 2.27. The third-order valence-corrected chi connectivity index (χ3v) is 3.51. The Morgan fingerprint density at radius 3 is 3.05 bits per heavy atom. The maximum atomic E-state index is 11.6. The summed E-state index contributed by atoms with van der Waals surface area (Å²) in [5.41, 5.74) is 0.937. The summed E-state index contributed by atoms with van der Waals surface area (Å²) in [4.78, 5) is 20.0. The van der Waals surface area contributed by atoms with E-state index in [-0.39, 0.29) is 5.91 Å². The van der Waals surface area contributed by atoms with Gasteiger partial charge in [0.2, 0.25) is 5.91 Å². The summed E-state index contributed by atoms with van der Waals surface area (Å²) in [6.07, 6.45) is 1.99. The van der Waals surface area contributed by atoms with Crippen LogP contribution in [0.15, 0.2) is 17.8 Å². The highest BCUT2D eigenvalue weighted by atomic mass is 32.1. The van der Waals surface area contributed by atoms with Crippen LogP contribution in [0, 0.1) is 5.92 Å². The van der Waals surface area contributed by atoms with E-state index in [1.165, 1.54) is 6.33 Å². The van der Waals surface area contributed by atoms with Gasteiger partial charge >= 0.3 is 0 Å². The average Bonchev–Trinajstić information content (AvgIpc) is 2.85. The van der Waals surface area contributed by atoms with Crippen LogP contribution >= 0.6 is 11.3 Å². The zero-order valence-corrected chi connectivity index (χ0v) is 12.0. The summed E-state index contributed by atoms with van der Waals surface area (Å²) >= 11 is 1.60. The van der Waals surface area contributed by atoms with Gasteiger partial charge in [-0.25, -0.2) is 9.97 Å². The SMILES string of the molecule is CC(C)CNC(=O)CCNc1ncnc2ccsc12. The van der Waals surface area contributed by atoms with Crippen molar-refractivity contribution in [2.75, 3.05) is 18.4 Å². The molecule has 0 spiro atoms. The van der Waals surface area contributed by atoms with Gasteiger partial charge in [-0.15, -0.1) is 11.3 Å². The molecular weight excluding hydrogens is 260 g/mol. The van der Waals surface area contributed by atoms with E-state index in [0.29, 0.717) is 18.9 Å². The van der Waals surface area contributed by atoms with E-state index < -0.39 is 0 Å². The molecule has 1 amide bonds. The zero-order valence-electron chi connectivity index (χ0n) is 11.1. The fourth-order valence-electron chi connectivity index (χ4n) is 1.62. The second-order valence-electron chi connectivity index (χ2n) is 4.73. The fourth-order valence-corrected chi connectivity index (χ4v) is 2.43. The van der Waals surface area contributed by atoms with E-state index in [0.717, 1.165) is 22.6 Å². The van der Waals surface area contributed by atoms with E-state index in [1.54, 1.807) is 11.3 Å². The molecule has 2 heterocycles. The van der Waals surface area contributed by atoms with E-state index in [1.807, 2.05) is 11.4 Å². The van der Waals surface area contributed by atoms with Crippen LogP contribution in [0.4, 0.5) is 5.82 Å². The minimum atomic E-state index is 0.0673. The molecule has 0 radical (unpaired) electrons. The van der Waals surface area contributed by atoms with Crippen molar-refractivity contribution in [3.8, 4) is 0 Å². The Kier molecular flexibility index (Phi) is 4.68. The molecule has 6 heteroatoms. The van der Waals surface area contributed by atoms with Crippen LogP contribution in [0.5, 0.6) is 0 Å². The lowest BCUT2D eigenvalue weighted by Gasteiger charge is -2.08. The Morgan fingerprint density at radius 1 is 1.42 bits per heavy atom. The van der Waals surface area contributed by atoms with Crippen molar-refractivity contribution in [1.82, 2.24) is 15.3 Å². The summed E-state index contributed by atoms with van der Waals surface area (Å²) in [7, 11) is 0. The van der Waals surface area contributed by atoms with Gasteiger partial charge in [-0.2, -0.15) is 0 Å². The van der Waals surface area contributed by atoms with Crippen LogP contribution in [0.3, 0.4) is 0 Å². The van der Waals surface area contributed by atoms with E-state index >= 15 is 0 Å². The molecule has 102 valence electrons. The normalized spacial score (nSPS) is 10.9. The van der Waals surface area contributed by atoms with Gasteiger partial charge in [0, 0.05) is 19.5 Å². The number of rotatable bonds is 6. The number of nitrogens with one attached hydrogen (secondary N) is 2. The maximum absolute atomic E-state index is 11.6. The van der Waals surface area contributed by atoms with Gasteiger partial charge in [0.1, 0.15) is 12.1 Å². The second-order valence-corrected chi connectivity index (χ2v) is 5.65. The lowest BCUT2D eigenvalue weighted by Crippen LogP contribution is -2.28. The molecule has 2 aromatic heterocycles. The first-order valence-corrected chi connectivity index (χ1v) is 7.23. The third-order valence-electron chi connectivity index (χ3n) is 2.60. The number of carbonyl (C=O) groups is 1. The highest BCUT2D eigenvalue weighted by molar-refractivity contribution is 7.17. The molecule has 0 aliphatic carbocycles. The van der Waals surface area contributed by atoms with Crippen LogP contribution < -0.4 is 10.6 Å². The number of fused-ring (bicyclic) bond motifs is 1. The van der Waals surface area contributed by atoms with Crippen LogP contribution in [-0.4, -0.2) is 29.0 Å². The third kappa shape index (κ3) is 3.89. The fraction of sp³-hybridized carbons (Fsp3) is 0.462. The van der Waals surface area contributed by atoms with Crippen molar-refractivity contribution in [3.05, 3.63) is 17.8 Å². The van der Waals surface area contributed by atoms with Crippen LogP contribution in [0.1, 0.15) is 20.3 Å². The van der Waals surface area contributed by atoms with Crippen molar-refractivity contribution in [3.63, 3.8) is 0 Å². The minimum Gasteiger partial charge on any atom is -0.368 e. The molecule has 0 aliphatic rings. The Labute approximate surface area is 116 Å². The van der Waals surface area contributed by atoms with Crippen molar-refractivity contribution in [2.45, 2.75) is 20.3 Å². The second kappa shape index (κ2) is 6.47. The van der Waals surface area contributed by atoms with Gasteiger partial charge < -0.3 is 10.6 Å². The molecule has 0 unspecified atom stereocenters. The van der Waals surface area contributed by atoms with Crippen LogP contribution in [0.2, 0.25) is 0 Å². The average molecular weight is 278 g/mol. The largest absolute Gasteiger partial charge is 0.368 e. The molecule has 2 rings (SSSR count). The Morgan fingerprint density at radius 2 is 2.26 bits per heavy atom. The van der Waals surface area contributed by atoms with Crippen molar-refractivity contribution >= 4 is 33.3 Å². The quantitative estimate of drug-likeness (QED) is 0.850. The summed E-state index contributed by atoms with van der Waals surface area (Å²) < 4.78 is 1.03. The molecule has 0 aliphatic heterocycles. The first kappa shape index (κ1) is 13.7. The van der Waals surface area contributed by atoms with Crippen molar-refractivity contribution in [1.29, 1.82) is 0 Å². The van der Waals surface area contributed by atoms with Crippen molar-refractivity contribution in [2.24, 2.45) is 5.92 Å². The molecule has 19 heavy (non-hydrogen) atoms. The minimum absolute atomic E-state index is 0.0673. The number of carbonyl (C=O) groups excluding carboxylic acids is 1. The molecule has 5 nitrogen and oxygen atoms in total. The summed E-state index contributed by atoms with van der Waals surface area (Å²) in [6, 6.07) is 1.96. The molecule has 2 N–H and O–H groups in total. The van der Waals surface area contributed by atoms with Gasteiger partial charge in [0.15, 0.2) is 0 Å². The van der Waals surface area contributed by atoms with E-state index in [4.69, 9.17) is 0 Å². The number of hydrogen-bond donors (Lipinski definition) is 2. The van der Waals surface area contributed by atoms with Gasteiger partial charge in [-0.05, 0) is 17.4 Å². The van der Waals surface area contributed by atoms with Gasteiger partial charge in [-0.1, -0.05) is 13.8 Å². The van der Waals surface area contributed by atoms with E-state index in [9.17, 15) is 4.79 Å².